The molecule has 0 fully saturated rings. The van der Waals surface area contributed by atoms with Gasteiger partial charge < -0.3 is 15.1 Å². The predicted molar refractivity (Wildman–Crippen MR) is 55.2 cm³/mol. The van der Waals surface area contributed by atoms with Crippen molar-refractivity contribution in [2.75, 3.05) is 25.1 Å². The van der Waals surface area contributed by atoms with Gasteiger partial charge >= 0.3 is 0 Å². The maximum atomic E-state index is 9.36. The van der Waals surface area contributed by atoms with Gasteiger partial charge in [0.05, 0.1) is 12.7 Å². The number of nitrogens with zero attached hydrogens (tertiary/aromatic N) is 2. The molecule has 0 unspecified atom stereocenters. The van der Waals surface area contributed by atoms with Gasteiger partial charge in [-0.3, -0.25) is 0 Å². The largest absolute Gasteiger partial charge is 0.395 e. The van der Waals surface area contributed by atoms with E-state index in [-0.39, 0.29) is 6.61 Å². The van der Waals surface area contributed by atoms with Gasteiger partial charge in [-0.2, -0.15) is 0 Å². The Morgan fingerprint density at radius 2 is 2.29 bits per heavy atom. The van der Waals surface area contributed by atoms with Crippen molar-refractivity contribution in [3.8, 4) is 0 Å². The summed E-state index contributed by atoms with van der Waals surface area (Å²) in [5.74, 6) is 0.762. The van der Waals surface area contributed by atoms with E-state index < -0.39 is 6.10 Å². The third-order valence-corrected chi connectivity index (χ3v) is 2.08. The van der Waals surface area contributed by atoms with Crippen LogP contribution in [0, 0.1) is 0 Å². The zero-order chi connectivity index (χ0) is 10.6. The summed E-state index contributed by atoms with van der Waals surface area (Å²) in [7, 11) is 1.85. The lowest BCUT2D eigenvalue weighted by atomic mass is 10.2. The van der Waals surface area contributed by atoms with Crippen LogP contribution in [0.3, 0.4) is 0 Å². The van der Waals surface area contributed by atoms with E-state index in [0.29, 0.717) is 6.54 Å². The molecule has 0 spiro atoms. The van der Waals surface area contributed by atoms with E-state index in [1.807, 2.05) is 18.0 Å². The number of likely N-dealkylation sites (N-methyl/N-ethyl adjacent to an activating group) is 1. The average Bonchev–Trinajstić information content (AvgIpc) is 2.18. The first kappa shape index (κ1) is 10.9. The first-order valence-corrected chi connectivity index (χ1v) is 4.61. The Morgan fingerprint density at radius 1 is 1.57 bits per heavy atom. The molecule has 4 nitrogen and oxygen atoms in total. The van der Waals surface area contributed by atoms with Crippen LogP contribution >= 0.6 is 0 Å². The van der Waals surface area contributed by atoms with Crippen LogP contribution < -0.4 is 4.90 Å². The molecular formula is C10H16N2O2. The summed E-state index contributed by atoms with van der Waals surface area (Å²) in [4.78, 5) is 5.98. The quantitative estimate of drug-likeness (QED) is 0.739. The Hall–Kier alpha value is -1.13. The number of rotatable bonds is 4. The minimum absolute atomic E-state index is 0.0943. The van der Waals surface area contributed by atoms with Gasteiger partial charge in [0, 0.05) is 19.8 Å². The van der Waals surface area contributed by atoms with Gasteiger partial charge in [-0.15, -0.1) is 0 Å². The van der Waals surface area contributed by atoms with Crippen LogP contribution in [-0.2, 0) is 0 Å². The molecule has 1 rings (SSSR count). The van der Waals surface area contributed by atoms with Crippen molar-refractivity contribution in [3.63, 3.8) is 0 Å². The first-order valence-electron chi connectivity index (χ1n) is 4.61. The second kappa shape index (κ2) is 4.93. The number of aromatic nitrogens is 1. The van der Waals surface area contributed by atoms with Crippen LogP contribution in [0.5, 0.6) is 0 Å². The average molecular weight is 196 g/mol. The van der Waals surface area contributed by atoms with E-state index in [0.717, 1.165) is 11.4 Å². The molecule has 78 valence electrons. The van der Waals surface area contributed by atoms with Gasteiger partial charge in [0.1, 0.15) is 5.82 Å². The summed E-state index contributed by atoms with van der Waals surface area (Å²) >= 11 is 0. The summed E-state index contributed by atoms with van der Waals surface area (Å²) < 4.78 is 0. The van der Waals surface area contributed by atoms with Crippen molar-refractivity contribution < 1.29 is 10.2 Å². The lowest BCUT2D eigenvalue weighted by molar-refractivity contribution is 0.199. The smallest absolute Gasteiger partial charge is 0.128 e. The van der Waals surface area contributed by atoms with Crippen LogP contribution in [-0.4, -0.2) is 35.4 Å². The highest BCUT2D eigenvalue weighted by atomic mass is 16.3. The van der Waals surface area contributed by atoms with Crippen LogP contribution in [0.2, 0.25) is 0 Å². The summed E-state index contributed by atoms with van der Waals surface area (Å²) in [6.07, 6.45) is 1.17. The molecule has 1 atom stereocenters. The molecule has 0 bridgehead atoms. The van der Waals surface area contributed by atoms with Crippen molar-refractivity contribution in [1.82, 2.24) is 4.98 Å². The van der Waals surface area contributed by atoms with E-state index in [2.05, 4.69) is 4.98 Å². The van der Waals surface area contributed by atoms with Crippen molar-refractivity contribution in [2.24, 2.45) is 0 Å². The van der Waals surface area contributed by atoms with Crippen LogP contribution in [0.15, 0.2) is 18.3 Å². The fourth-order valence-electron chi connectivity index (χ4n) is 1.17. The van der Waals surface area contributed by atoms with Crippen molar-refractivity contribution >= 4 is 5.82 Å². The minimum Gasteiger partial charge on any atom is -0.395 e. The lowest BCUT2D eigenvalue weighted by Crippen LogP contribution is -2.22. The Kier molecular flexibility index (Phi) is 3.85. The molecule has 1 aromatic rings. The Morgan fingerprint density at radius 3 is 2.86 bits per heavy atom. The molecule has 0 aliphatic heterocycles. The van der Waals surface area contributed by atoms with E-state index >= 15 is 0 Å². The topological polar surface area (TPSA) is 56.6 Å². The van der Waals surface area contributed by atoms with E-state index in [9.17, 15) is 5.11 Å². The summed E-state index contributed by atoms with van der Waals surface area (Å²) in [5, 5.41) is 18.1. The standard InChI is InChI=1S/C10H16N2O2/c1-8(14)9-3-4-11-10(7-9)12(2)5-6-13/h3-4,7-8,13-14H,5-6H2,1-2H3/t8-/m1/s1. The number of aliphatic hydroxyl groups is 2. The molecule has 0 saturated carbocycles. The summed E-state index contributed by atoms with van der Waals surface area (Å²) in [5.41, 5.74) is 0.833. The molecule has 0 amide bonds. The number of hydrogen-bond donors (Lipinski definition) is 2. The Bertz CT molecular complexity index is 289. The zero-order valence-corrected chi connectivity index (χ0v) is 8.51. The van der Waals surface area contributed by atoms with Gasteiger partial charge in [0.25, 0.3) is 0 Å². The third kappa shape index (κ3) is 2.68. The molecule has 0 saturated heterocycles. The Balaban J connectivity index is 2.82. The van der Waals surface area contributed by atoms with Gasteiger partial charge in [-0.1, -0.05) is 0 Å². The number of anilines is 1. The molecule has 0 aromatic carbocycles. The molecule has 1 heterocycles. The highest BCUT2D eigenvalue weighted by Gasteiger charge is 2.05. The Labute approximate surface area is 83.8 Å². The van der Waals surface area contributed by atoms with Gasteiger partial charge in [0.15, 0.2) is 0 Å². The first-order chi connectivity index (χ1) is 6.65. The second-order valence-corrected chi connectivity index (χ2v) is 3.27. The monoisotopic (exact) mass is 196 g/mol. The fourth-order valence-corrected chi connectivity index (χ4v) is 1.17. The normalized spacial score (nSPS) is 12.6. The second-order valence-electron chi connectivity index (χ2n) is 3.27. The number of aliphatic hydroxyl groups excluding tert-OH is 2. The maximum Gasteiger partial charge on any atom is 0.128 e. The van der Waals surface area contributed by atoms with E-state index in [1.165, 1.54) is 0 Å². The lowest BCUT2D eigenvalue weighted by Gasteiger charge is -2.17. The molecule has 1 aromatic heterocycles. The number of hydrogen-bond acceptors (Lipinski definition) is 4. The van der Waals surface area contributed by atoms with Crippen LogP contribution in [0.4, 0.5) is 5.82 Å². The minimum atomic E-state index is -0.487. The van der Waals surface area contributed by atoms with Crippen LogP contribution in [0.25, 0.3) is 0 Å². The van der Waals surface area contributed by atoms with E-state index in [4.69, 9.17) is 5.11 Å². The maximum absolute atomic E-state index is 9.36. The highest BCUT2D eigenvalue weighted by molar-refractivity contribution is 5.40. The highest BCUT2D eigenvalue weighted by Crippen LogP contribution is 2.16. The molecule has 14 heavy (non-hydrogen) atoms. The number of pyridine rings is 1. The molecule has 0 aliphatic rings. The van der Waals surface area contributed by atoms with Crippen molar-refractivity contribution in [2.45, 2.75) is 13.0 Å². The predicted octanol–water partition coefficient (Wildman–Crippen LogP) is 0.563. The zero-order valence-electron chi connectivity index (χ0n) is 8.51. The van der Waals surface area contributed by atoms with Gasteiger partial charge in [-0.05, 0) is 24.6 Å². The van der Waals surface area contributed by atoms with Gasteiger partial charge in [-0.25, -0.2) is 4.98 Å². The van der Waals surface area contributed by atoms with Crippen molar-refractivity contribution in [1.29, 1.82) is 0 Å². The van der Waals surface area contributed by atoms with Gasteiger partial charge in [0.2, 0.25) is 0 Å². The molecule has 4 heteroatoms. The third-order valence-electron chi connectivity index (χ3n) is 2.08. The summed E-state index contributed by atoms with van der Waals surface area (Å²) in [6.45, 7) is 2.35. The molecule has 0 radical (unpaired) electrons. The summed E-state index contributed by atoms with van der Waals surface area (Å²) in [6, 6.07) is 3.60. The fraction of sp³-hybridized carbons (Fsp3) is 0.500. The SMILES string of the molecule is C[C@@H](O)c1ccnc(N(C)CCO)c1. The van der Waals surface area contributed by atoms with Crippen molar-refractivity contribution in [3.05, 3.63) is 23.9 Å². The molecular weight excluding hydrogens is 180 g/mol. The van der Waals surface area contributed by atoms with E-state index in [1.54, 1.807) is 19.2 Å². The molecule has 0 aliphatic carbocycles. The van der Waals surface area contributed by atoms with Crippen LogP contribution in [0.1, 0.15) is 18.6 Å². The molecule has 2 N–H and O–H groups in total.